The van der Waals surface area contributed by atoms with E-state index >= 15 is 0 Å². The van der Waals surface area contributed by atoms with Crippen molar-refractivity contribution in [1.29, 1.82) is 0 Å². The lowest BCUT2D eigenvalue weighted by atomic mass is 9.76. The summed E-state index contributed by atoms with van der Waals surface area (Å²) in [5, 5.41) is 13.8. The van der Waals surface area contributed by atoms with Crippen LogP contribution in [0.4, 0.5) is 10.7 Å². The zero-order valence-corrected chi connectivity index (χ0v) is 12.9. The summed E-state index contributed by atoms with van der Waals surface area (Å²) in [7, 11) is -2.18. The maximum atomic E-state index is 12.4. The van der Waals surface area contributed by atoms with Crippen LogP contribution in [0.1, 0.15) is 32.6 Å². The van der Waals surface area contributed by atoms with Gasteiger partial charge in [-0.15, -0.1) is 0 Å². The first-order chi connectivity index (χ1) is 9.33. The van der Waals surface area contributed by atoms with Crippen LogP contribution in [-0.2, 0) is 10.0 Å². The summed E-state index contributed by atoms with van der Waals surface area (Å²) in [6, 6.07) is 1.11. The molecule has 2 rings (SSSR count). The molecule has 0 spiro atoms. The van der Waals surface area contributed by atoms with E-state index in [2.05, 4.69) is 10.0 Å². The molecule has 20 heavy (non-hydrogen) atoms. The van der Waals surface area contributed by atoms with Crippen molar-refractivity contribution < 1.29 is 13.3 Å². The number of hydrogen-bond donors (Lipinski definition) is 2. The van der Waals surface area contributed by atoms with Crippen LogP contribution in [0.3, 0.4) is 0 Å². The largest absolute Gasteiger partial charge is 0.374 e. The molecule has 112 valence electrons. The fourth-order valence-corrected chi connectivity index (χ4v) is 5.08. The highest BCUT2D eigenvalue weighted by Crippen LogP contribution is 2.40. The number of hydrogen-bond acceptors (Lipinski definition) is 6. The average molecular weight is 319 g/mol. The van der Waals surface area contributed by atoms with Crippen LogP contribution in [0.5, 0.6) is 0 Å². The summed E-state index contributed by atoms with van der Waals surface area (Å²) >= 11 is 0.877. The summed E-state index contributed by atoms with van der Waals surface area (Å²) in [6.45, 7) is 1.94. The van der Waals surface area contributed by atoms with Gasteiger partial charge in [0.2, 0.25) is 0 Å². The fraction of sp³-hybridized carbons (Fsp3) is 0.636. The van der Waals surface area contributed by atoms with Crippen LogP contribution >= 0.6 is 11.3 Å². The predicted molar refractivity (Wildman–Crippen MR) is 77.7 cm³/mol. The van der Waals surface area contributed by atoms with Gasteiger partial charge in [-0.3, -0.25) is 10.1 Å². The van der Waals surface area contributed by atoms with E-state index in [1.54, 1.807) is 0 Å². The van der Waals surface area contributed by atoms with Crippen molar-refractivity contribution in [3.05, 3.63) is 16.2 Å². The van der Waals surface area contributed by atoms with Crippen LogP contribution in [-0.4, -0.2) is 25.9 Å². The van der Waals surface area contributed by atoms with Crippen molar-refractivity contribution in [2.24, 2.45) is 0 Å². The summed E-state index contributed by atoms with van der Waals surface area (Å²) in [6.07, 6.45) is 3.35. The normalized spacial score (nSPS) is 17.5. The molecular formula is C11H17N3O4S2. The number of nitrogens with zero attached hydrogens (tertiary/aromatic N) is 1. The van der Waals surface area contributed by atoms with Gasteiger partial charge in [0.15, 0.2) is 5.00 Å². The molecule has 9 heteroatoms. The molecule has 0 bridgehead atoms. The Bertz CT molecular complexity index is 614. The summed E-state index contributed by atoms with van der Waals surface area (Å²) in [5.74, 6) is 0. The molecule has 1 fully saturated rings. The minimum absolute atomic E-state index is 0.0201. The first kappa shape index (κ1) is 15.2. The zero-order chi connectivity index (χ0) is 15.0. The molecule has 0 amide bonds. The standard InChI is InChI=1S/C11H17N3O4S2/c1-3-11(5-4-6-11)13-20(17,18)9-7-8(14(15)16)10(12-2)19-9/h7,12-13H,3-6H2,1-2H3. The first-order valence-electron chi connectivity index (χ1n) is 6.33. The zero-order valence-electron chi connectivity index (χ0n) is 11.3. The molecular weight excluding hydrogens is 302 g/mol. The molecule has 1 saturated carbocycles. The Labute approximate surface area is 121 Å². The van der Waals surface area contributed by atoms with Crippen LogP contribution in [0.25, 0.3) is 0 Å². The van der Waals surface area contributed by atoms with Gasteiger partial charge in [0.05, 0.1) is 4.92 Å². The molecule has 2 N–H and O–H groups in total. The van der Waals surface area contributed by atoms with Gasteiger partial charge in [0, 0.05) is 18.7 Å². The van der Waals surface area contributed by atoms with E-state index in [0.717, 1.165) is 43.1 Å². The molecule has 0 saturated heterocycles. The predicted octanol–water partition coefficient (Wildman–Crippen LogP) is 2.31. The van der Waals surface area contributed by atoms with Crippen LogP contribution in [0, 0.1) is 10.1 Å². The van der Waals surface area contributed by atoms with Crippen molar-refractivity contribution in [3.8, 4) is 0 Å². The Morgan fingerprint density at radius 3 is 2.50 bits per heavy atom. The third kappa shape index (κ3) is 2.65. The molecule has 1 aliphatic carbocycles. The second-order valence-corrected chi connectivity index (χ2v) is 7.84. The third-order valence-corrected chi connectivity index (χ3v) is 6.91. The quantitative estimate of drug-likeness (QED) is 0.619. The van der Waals surface area contributed by atoms with Crippen molar-refractivity contribution in [2.75, 3.05) is 12.4 Å². The van der Waals surface area contributed by atoms with Gasteiger partial charge in [-0.1, -0.05) is 18.3 Å². The Morgan fingerprint density at radius 2 is 2.15 bits per heavy atom. The lowest BCUT2D eigenvalue weighted by molar-refractivity contribution is -0.383. The molecule has 1 aliphatic rings. The van der Waals surface area contributed by atoms with E-state index in [4.69, 9.17) is 0 Å². The minimum Gasteiger partial charge on any atom is -0.374 e. The fourth-order valence-electron chi connectivity index (χ4n) is 2.27. The van der Waals surface area contributed by atoms with Crippen molar-refractivity contribution >= 4 is 32.0 Å². The number of rotatable bonds is 6. The van der Waals surface area contributed by atoms with Gasteiger partial charge in [-0.25, -0.2) is 13.1 Å². The number of nitrogens with one attached hydrogen (secondary N) is 2. The van der Waals surface area contributed by atoms with Gasteiger partial charge in [-0.05, 0) is 25.7 Å². The summed E-state index contributed by atoms with van der Waals surface area (Å²) < 4.78 is 27.4. The van der Waals surface area contributed by atoms with Crippen molar-refractivity contribution in [2.45, 2.75) is 42.4 Å². The number of nitro groups is 1. The van der Waals surface area contributed by atoms with E-state index in [1.165, 1.54) is 7.05 Å². The van der Waals surface area contributed by atoms with Gasteiger partial charge < -0.3 is 5.32 Å². The van der Waals surface area contributed by atoms with Gasteiger partial charge in [0.25, 0.3) is 10.0 Å². The van der Waals surface area contributed by atoms with Gasteiger partial charge in [0.1, 0.15) is 4.21 Å². The number of sulfonamides is 1. The lowest BCUT2D eigenvalue weighted by Crippen LogP contribution is -2.52. The van der Waals surface area contributed by atoms with E-state index in [9.17, 15) is 18.5 Å². The number of thiophene rings is 1. The van der Waals surface area contributed by atoms with Gasteiger partial charge in [-0.2, -0.15) is 0 Å². The first-order valence-corrected chi connectivity index (χ1v) is 8.63. The average Bonchev–Trinajstić information content (AvgIpc) is 2.79. The minimum atomic E-state index is -3.71. The Kier molecular flexibility index (Phi) is 4.03. The molecule has 0 radical (unpaired) electrons. The summed E-state index contributed by atoms with van der Waals surface area (Å²) in [5.41, 5.74) is -0.589. The van der Waals surface area contributed by atoms with E-state index < -0.39 is 14.9 Å². The molecule has 7 nitrogen and oxygen atoms in total. The SMILES string of the molecule is CCC1(NS(=O)(=O)c2cc([N+](=O)[O-])c(NC)s2)CCC1. The number of anilines is 1. The Balaban J connectivity index is 2.32. The molecule has 0 atom stereocenters. The molecule has 0 unspecified atom stereocenters. The van der Waals surface area contributed by atoms with Crippen molar-refractivity contribution in [3.63, 3.8) is 0 Å². The van der Waals surface area contributed by atoms with Gasteiger partial charge >= 0.3 is 5.69 Å². The monoisotopic (exact) mass is 319 g/mol. The highest BCUT2D eigenvalue weighted by atomic mass is 32.2. The van der Waals surface area contributed by atoms with E-state index in [0.29, 0.717) is 0 Å². The van der Waals surface area contributed by atoms with Crippen LogP contribution in [0.2, 0.25) is 0 Å². The Morgan fingerprint density at radius 1 is 1.50 bits per heavy atom. The maximum absolute atomic E-state index is 12.4. The second-order valence-electron chi connectivity index (χ2n) is 4.88. The maximum Gasteiger partial charge on any atom is 0.304 e. The van der Waals surface area contributed by atoms with E-state index in [-0.39, 0.29) is 20.4 Å². The van der Waals surface area contributed by atoms with Crippen LogP contribution < -0.4 is 10.0 Å². The van der Waals surface area contributed by atoms with E-state index in [1.807, 2.05) is 6.92 Å². The second kappa shape index (κ2) is 5.30. The van der Waals surface area contributed by atoms with Crippen LogP contribution in [0.15, 0.2) is 10.3 Å². The highest BCUT2D eigenvalue weighted by Gasteiger charge is 2.40. The molecule has 0 aliphatic heterocycles. The van der Waals surface area contributed by atoms with Crippen molar-refractivity contribution in [1.82, 2.24) is 4.72 Å². The molecule has 0 aromatic carbocycles. The third-order valence-electron chi connectivity index (χ3n) is 3.72. The smallest absolute Gasteiger partial charge is 0.304 e. The summed E-state index contributed by atoms with van der Waals surface area (Å²) in [4.78, 5) is 10.3. The Hall–Kier alpha value is -1.19. The topological polar surface area (TPSA) is 101 Å². The lowest BCUT2D eigenvalue weighted by Gasteiger charge is -2.41. The highest BCUT2D eigenvalue weighted by molar-refractivity contribution is 7.91. The molecule has 1 heterocycles. The molecule has 1 aromatic rings. The molecule has 1 aromatic heterocycles.